The summed E-state index contributed by atoms with van der Waals surface area (Å²) in [6.07, 6.45) is 1.61. The van der Waals surface area contributed by atoms with Crippen molar-refractivity contribution in [2.75, 3.05) is 11.9 Å². The first kappa shape index (κ1) is 15.1. The number of aryl methyl sites for hydroxylation is 1. The molecule has 0 bridgehead atoms. The van der Waals surface area contributed by atoms with E-state index in [0.29, 0.717) is 5.02 Å². The number of hydrazone groups is 1. The highest BCUT2D eigenvalue weighted by Crippen LogP contribution is 2.19. The average molecular weight is 302 g/mol. The highest BCUT2D eigenvalue weighted by Gasteiger charge is 2.01. The van der Waals surface area contributed by atoms with Crippen LogP contribution in [0.1, 0.15) is 11.1 Å². The fourth-order valence-corrected chi connectivity index (χ4v) is 1.95. The van der Waals surface area contributed by atoms with E-state index in [1.807, 2.05) is 49.4 Å². The first-order valence-electron chi connectivity index (χ1n) is 6.52. The summed E-state index contributed by atoms with van der Waals surface area (Å²) in [7, 11) is 0. The van der Waals surface area contributed by atoms with Crippen LogP contribution in [-0.4, -0.2) is 18.7 Å². The molecule has 0 aromatic heterocycles. The third-order valence-corrected chi connectivity index (χ3v) is 3.09. The maximum atomic E-state index is 11.7. The molecule has 0 unspecified atom stereocenters. The monoisotopic (exact) mass is 301 g/mol. The Morgan fingerprint density at radius 3 is 2.81 bits per heavy atom. The second-order valence-corrected chi connectivity index (χ2v) is 4.95. The van der Waals surface area contributed by atoms with Gasteiger partial charge in [-0.2, -0.15) is 5.10 Å². The number of benzene rings is 2. The molecule has 0 heterocycles. The Hall–Kier alpha value is -2.33. The Kier molecular flexibility index (Phi) is 5.35. The maximum absolute atomic E-state index is 11.7. The van der Waals surface area contributed by atoms with E-state index in [0.717, 1.165) is 16.8 Å². The molecule has 2 rings (SSSR count). The number of carbonyl (C=O) groups excluding carboxylic acids is 1. The standard InChI is InChI=1S/C16H16ClN3O/c1-12-5-4-6-13(9-12)10-19-20-16(21)11-18-15-8-3-2-7-14(15)17/h2-10,18H,11H2,1H3,(H,20,21)/b19-10+. The Morgan fingerprint density at radius 1 is 1.24 bits per heavy atom. The van der Waals surface area contributed by atoms with Crippen molar-refractivity contribution in [3.8, 4) is 0 Å². The van der Waals surface area contributed by atoms with Crippen molar-refractivity contribution in [2.24, 2.45) is 5.10 Å². The van der Waals surface area contributed by atoms with Crippen LogP contribution < -0.4 is 10.7 Å². The van der Waals surface area contributed by atoms with E-state index in [1.54, 1.807) is 12.3 Å². The molecule has 0 radical (unpaired) electrons. The molecule has 2 aromatic carbocycles. The Morgan fingerprint density at radius 2 is 2.05 bits per heavy atom. The van der Waals surface area contributed by atoms with Gasteiger partial charge in [0.1, 0.15) is 0 Å². The van der Waals surface area contributed by atoms with E-state index < -0.39 is 0 Å². The molecule has 0 saturated heterocycles. The molecule has 2 aromatic rings. The molecule has 0 aliphatic heterocycles. The van der Waals surface area contributed by atoms with E-state index in [4.69, 9.17) is 11.6 Å². The lowest BCUT2D eigenvalue weighted by molar-refractivity contribution is -0.119. The predicted octanol–water partition coefficient (Wildman–Crippen LogP) is 3.21. The van der Waals surface area contributed by atoms with Crippen molar-refractivity contribution in [1.82, 2.24) is 5.43 Å². The molecule has 108 valence electrons. The molecule has 0 aliphatic carbocycles. The first-order chi connectivity index (χ1) is 10.1. The average Bonchev–Trinajstić information content (AvgIpc) is 2.46. The lowest BCUT2D eigenvalue weighted by atomic mass is 10.2. The minimum atomic E-state index is -0.237. The van der Waals surface area contributed by atoms with Crippen LogP contribution >= 0.6 is 11.6 Å². The summed E-state index contributed by atoms with van der Waals surface area (Å²) >= 11 is 5.98. The maximum Gasteiger partial charge on any atom is 0.259 e. The van der Waals surface area contributed by atoms with Crippen molar-refractivity contribution in [1.29, 1.82) is 0 Å². The quantitative estimate of drug-likeness (QED) is 0.658. The molecule has 21 heavy (non-hydrogen) atoms. The molecule has 0 spiro atoms. The molecular weight excluding hydrogens is 286 g/mol. The van der Waals surface area contributed by atoms with Crippen LogP contribution in [0.2, 0.25) is 5.02 Å². The number of rotatable bonds is 5. The molecule has 0 atom stereocenters. The van der Waals surface area contributed by atoms with Crippen molar-refractivity contribution >= 4 is 29.4 Å². The van der Waals surface area contributed by atoms with Crippen LogP contribution in [0.4, 0.5) is 5.69 Å². The van der Waals surface area contributed by atoms with Gasteiger partial charge >= 0.3 is 0 Å². The van der Waals surface area contributed by atoms with E-state index >= 15 is 0 Å². The topological polar surface area (TPSA) is 53.5 Å². The zero-order valence-electron chi connectivity index (χ0n) is 11.6. The van der Waals surface area contributed by atoms with Gasteiger partial charge in [0.15, 0.2) is 0 Å². The number of anilines is 1. The van der Waals surface area contributed by atoms with Gasteiger partial charge in [0.25, 0.3) is 5.91 Å². The minimum Gasteiger partial charge on any atom is -0.375 e. The number of hydrogen-bond donors (Lipinski definition) is 2. The number of nitrogens with one attached hydrogen (secondary N) is 2. The molecule has 1 amide bonds. The normalized spacial score (nSPS) is 10.6. The molecule has 5 heteroatoms. The van der Waals surface area contributed by atoms with Crippen LogP contribution in [0.25, 0.3) is 0 Å². The molecule has 0 aliphatic rings. The lowest BCUT2D eigenvalue weighted by Crippen LogP contribution is -2.25. The molecule has 4 nitrogen and oxygen atoms in total. The van der Waals surface area contributed by atoms with Gasteiger partial charge in [0.2, 0.25) is 0 Å². The number of halogens is 1. The number of amides is 1. The van der Waals surface area contributed by atoms with E-state index in [-0.39, 0.29) is 12.5 Å². The van der Waals surface area contributed by atoms with Crippen LogP contribution in [0.15, 0.2) is 53.6 Å². The zero-order valence-corrected chi connectivity index (χ0v) is 12.4. The van der Waals surface area contributed by atoms with E-state index in [1.165, 1.54) is 0 Å². The largest absolute Gasteiger partial charge is 0.375 e. The van der Waals surface area contributed by atoms with Gasteiger partial charge < -0.3 is 5.32 Å². The van der Waals surface area contributed by atoms with Crippen molar-refractivity contribution in [3.05, 3.63) is 64.7 Å². The smallest absolute Gasteiger partial charge is 0.259 e. The van der Waals surface area contributed by atoms with Crippen LogP contribution in [-0.2, 0) is 4.79 Å². The molecule has 0 saturated carbocycles. The first-order valence-corrected chi connectivity index (χ1v) is 6.90. The number of nitrogens with zero attached hydrogens (tertiary/aromatic N) is 1. The fraction of sp³-hybridized carbons (Fsp3) is 0.125. The number of para-hydroxylation sites is 1. The summed E-state index contributed by atoms with van der Waals surface area (Å²) in [5.41, 5.74) is 5.27. The highest BCUT2D eigenvalue weighted by atomic mass is 35.5. The van der Waals surface area contributed by atoms with E-state index in [2.05, 4.69) is 15.8 Å². The third kappa shape index (κ3) is 4.93. The second-order valence-electron chi connectivity index (χ2n) is 4.54. The fourth-order valence-electron chi connectivity index (χ4n) is 1.75. The van der Waals surface area contributed by atoms with Gasteiger partial charge in [-0.3, -0.25) is 4.79 Å². The third-order valence-electron chi connectivity index (χ3n) is 2.76. The van der Waals surface area contributed by atoms with Crippen LogP contribution in [0.3, 0.4) is 0 Å². The lowest BCUT2D eigenvalue weighted by Gasteiger charge is -2.06. The number of carbonyl (C=O) groups is 1. The highest BCUT2D eigenvalue weighted by molar-refractivity contribution is 6.33. The molecule has 2 N–H and O–H groups in total. The zero-order chi connectivity index (χ0) is 15.1. The van der Waals surface area contributed by atoms with Gasteiger partial charge in [0.05, 0.1) is 23.5 Å². The predicted molar refractivity (Wildman–Crippen MR) is 86.9 cm³/mol. The summed E-state index contributed by atoms with van der Waals surface area (Å²) in [6, 6.07) is 15.1. The van der Waals surface area contributed by atoms with Crippen LogP contribution in [0, 0.1) is 6.92 Å². The minimum absolute atomic E-state index is 0.106. The SMILES string of the molecule is Cc1cccc(/C=N/NC(=O)CNc2ccccc2Cl)c1. The van der Waals surface area contributed by atoms with Crippen LogP contribution in [0.5, 0.6) is 0 Å². The Balaban J connectivity index is 1.81. The van der Waals surface area contributed by atoms with Gasteiger partial charge in [-0.05, 0) is 24.6 Å². The molecule has 0 fully saturated rings. The number of hydrogen-bond acceptors (Lipinski definition) is 3. The summed E-state index contributed by atoms with van der Waals surface area (Å²) in [4.78, 5) is 11.7. The Bertz CT molecular complexity index is 655. The van der Waals surface area contributed by atoms with Gasteiger partial charge in [-0.25, -0.2) is 5.43 Å². The van der Waals surface area contributed by atoms with E-state index in [9.17, 15) is 4.79 Å². The summed E-state index contributed by atoms with van der Waals surface area (Å²) < 4.78 is 0. The van der Waals surface area contributed by atoms with Gasteiger partial charge in [-0.1, -0.05) is 53.6 Å². The summed E-state index contributed by atoms with van der Waals surface area (Å²) in [6.45, 7) is 2.11. The van der Waals surface area contributed by atoms with Gasteiger partial charge in [-0.15, -0.1) is 0 Å². The Labute approximate surface area is 128 Å². The summed E-state index contributed by atoms with van der Waals surface area (Å²) in [5.74, 6) is -0.237. The summed E-state index contributed by atoms with van der Waals surface area (Å²) in [5, 5.41) is 7.45. The van der Waals surface area contributed by atoms with Gasteiger partial charge in [0, 0.05) is 0 Å². The van der Waals surface area contributed by atoms with Crippen molar-refractivity contribution in [2.45, 2.75) is 6.92 Å². The van der Waals surface area contributed by atoms with Crippen molar-refractivity contribution in [3.63, 3.8) is 0 Å². The second kappa shape index (κ2) is 7.45. The van der Waals surface area contributed by atoms with Crippen molar-refractivity contribution < 1.29 is 4.79 Å². The molecular formula is C16H16ClN3O.